The standard InChI is InChI=1S/C24H26N2O5S/c1-17-9-12-19(13-10-17)26(16-24(27)25-20-7-5-6-8-21(20)30-3)32(28,29)23-15-18(2)11-14-22(23)31-4/h5-15H,16H2,1-4H3,(H,25,27). The van der Waals surface area contributed by atoms with Gasteiger partial charge in [-0.15, -0.1) is 0 Å². The average molecular weight is 455 g/mol. The Morgan fingerprint density at radius 1 is 0.875 bits per heavy atom. The molecule has 1 amide bonds. The van der Waals surface area contributed by atoms with Crippen LogP contribution < -0.4 is 19.1 Å². The van der Waals surface area contributed by atoms with Crippen molar-refractivity contribution in [3.05, 3.63) is 77.9 Å². The highest BCUT2D eigenvalue weighted by Gasteiger charge is 2.30. The fourth-order valence-electron chi connectivity index (χ4n) is 3.20. The molecule has 3 aromatic carbocycles. The number of carbonyl (C=O) groups excluding carboxylic acids is 1. The molecule has 0 spiro atoms. The van der Waals surface area contributed by atoms with E-state index in [1.54, 1.807) is 67.6 Å². The monoisotopic (exact) mass is 454 g/mol. The first-order valence-corrected chi connectivity index (χ1v) is 11.4. The molecule has 32 heavy (non-hydrogen) atoms. The van der Waals surface area contributed by atoms with E-state index in [4.69, 9.17) is 9.47 Å². The number of benzene rings is 3. The second-order valence-electron chi connectivity index (χ2n) is 7.25. The number of methoxy groups -OCH3 is 2. The maximum absolute atomic E-state index is 13.7. The summed E-state index contributed by atoms with van der Waals surface area (Å²) in [5.74, 6) is 0.175. The summed E-state index contributed by atoms with van der Waals surface area (Å²) in [6, 6.07) is 18.8. The van der Waals surface area contributed by atoms with Gasteiger partial charge in [-0.2, -0.15) is 0 Å². The molecule has 7 nitrogen and oxygen atoms in total. The van der Waals surface area contributed by atoms with Crippen molar-refractivity contribution >= 4 is 27.3 Å². The zero-order valence-electron chi connectivity index (χ0n) is 18.5. The number of ether oxygens (including phenoxy) is 2. The molecule has 168 valence electrons. The largest absolute Gasteiger partial charge is 0.495 e. The summed E-state index contributed by atoms with van der Waals surface area (Å²) in [5.41, 5.74) is 2.55. The van der Waals surface area contributed by atoms with E-state index in [9.17, 15) is 13.2 Å². The molecule has 0 radical (unpaired) electrons. The summed E-state index contributed by atoms with van der Waals surface area (Å²) in [6.45, 7) is 3.27. The fraction of sp³-hybridized carbons (Fsp3) is 0.208. The molecule has 0 unspecified atom stereocenters. The number of nitrogens with one attached hydrogen (secondary N) is 1. The summed E-state index contributed by atoms with van der Waals surface area (Å²) in [4.78, 5) is 12.9. The zero-order valence-corrected chi connectivity index (χ0v) is 19.3. The molecule has 3 rings (SSSR count). The molecule has 0 saturated heterocycles. The minimum atomic E-state index is -4.12. The van der Waals surface area contributed by atoms with Crippen LogP contribution in [0.2, 0.25) is 0 Å². The maximum Gasteiger partial charge on any atom is 0.268 e. The maximum atomic E-state index is 13.7. The molecule has 0 bridgehead atoms. The molecular formula is C24H26N2O5S. The van der Waals surface area contributed by atoms with Crippen LogP contribution >= 0.6 is 0 Å². The summed E-state index contributed by atoms with van der Waals surface area (Å²) in [6.07, 6.45) is 0. The van der Waals surface area contributed by atoms with Crippen molar-refractivity contribution in [3.63, 3.8) is 0 Å². The van der Waals surface area contributed by atoms with Crippen molar-refractivity contribution in [2.45, 2.75) is 18.7 Å². The third-order valence-electron chi connectivity index (χ3n) is 4.88. The van der Waals surface area contributed by atoms with Crippen LogP contribution in [0.25, 0.3) is 0 Å². The lowest BCUT2D eigenvalue weighted by Gasteiger charge is -2.25. The Bertz CT molecular complexity index is 1210. The van der Waals surface area contributed by atoms with E-state index in [-0.39, 0.29) is 10.6 Å². The van der Waals surface area contributed by atoms with Gasteiger partial charge in [0, 0.05) is 0 Å². The third kappa shape index (κ3) is 5.03. The van der Waals surface area contributed by atoms with E-state index in [2.05, 4.69) is 5.32 Å². The number of nitrogens with zero attached hydrogens (tertiary/aromatic N) is 1. The third-order valence-corrected chi connectivity index (χ3v) is 6.67. The highest BCUT2D eigenvalue weighted by Crippen LogP contribution is 2.31. The van der Waals surface area contributed by atoms with Crippen LogP contribution in [0, 0.1) is 13.8 Å². The molecule has 0 fully saturated rings. The van der Waals surface area contributed by atoms with Crippen LogP contribution in [0.15, 0.2) is 71.6 Å². The lowest BCUT2D eigenvalue weighted by molar-refractivity contribution is -0.114. The number of aryl methyl sites for hydroxylation is 2. The Morgan fingerprint density at radius 3 is 2.16 bits per heavy atom. The predicted molar refractivity (Wildman–Crippen MR) is 125 cm³/mol. The van der Waals surface area contributed by atoms with Gasteiger partial charge in [-0.3, -0.25) is 9.10 Å². The highest BCUT2D eigenvalue weighted by molar-refractivity contribution is 7.93. The molecule has 0 aliphatic heterocycles. The van der Waals surface area contributed by atoms with E-state index in [1.165, 1.54) is 20.3 Å². The first-order valence-electron chi connectivity index (χ1n) is 9.93. The van der Waals surface area contributed by atoms with Crippen molar-refractivity contribution in [1.29, 1.82) is 0 Å². The quantitative estimate of drug-likeness (QED) is 0.553. The molecule has 8 heteroatoms. The van der Waals surface area contributed by atoms with Gasteiger partial charge in [0.1, 0.15) is 22.9 Å². The number of rotatable bonds is 8. The number of hydrogen-bond acceptors (Lipinski definition) is 5. The van der Waals surface area contributed by atoms with E-state index in [0.717, 1.165) is 15.4 Å². The molecule has 0 aliphatic carbocycles. The van der Waals surface area contributed by atoms with E-state index < -0.39 is 22.5 Å². The van der Waals surface area contributed by atoms with Crippen molar-refractivity contribution in [2.75, 3.05) is 30.4 Å². The smallest absolute Gasteiger partial charge is 0.268 e. The van der Waals surface area contributed by atoms with Crippen LogP contribution in [0.3, 0.4) is 0 Å². The Labute approximate surface area is 188 Å². The van der Waals surface area contributed by atoms with Crippen LogP contribution in [-0.2, 0) is 14.8 Å². The first kappa shape index (κ1) is 23.1. The zero-order chi connectivity index (χ0) is 23.3. The normalized spacial score (nSPS) is 11.0. The Balaban J connectivity index is 2.02. The van der Waals surface area contributed by atoms with Crippen LogP contribution in [0.1, 0.15) is 11.1 Å². The summed E-state index contributed by atoms with van der Waals surface area (Å²) in [5, 5.41) is 2.74. The van der Waals surface area contributed by atoms with Crippen LogP contribution in [0.5, 0.6) is 11.5 Å². The lowest BCUT2D eigenvalue weighted by Crippen LogP contribution is -2.38. The van der Waals surface area contributed by atoms with Crippen LogP contribution in [-0.4, -0.2) is 35.1 Å². The number of amides is 1. The number of anilines is 2. The van der Waals surface area contributed by atoms with Crippen molar-refractivity contribution in [1.82, 2.24) is 0 Å². The summed E-state index contributed by atoms with van der Waals surface area (Å²) < 4.78 is 39.0. The van der Waals surface area contributed by atoms with Gasteiger partial charge in [0.05, 0.1) is 25.6 Å². The van der Waals surface area contributed by atoms with Crippen molar-refractivity contribution in [3.8, 4) is 11.5 Å². The van der Waals surface area contributed by atoms with Gasteiger partial charge in [-0.1, -0.05) is 35.9 Å². The second-order valence-corrected chi connectivity index (χ2v) is 9.08. The predicted octanol–water partition coefficient (Wildman–Crippen LogP) is 4.15. The van der Waals surface area contributed by atoms with Gasteiger partial charge < -0.3 is 14.8 Å². The van der Waals surface area contributed by atoms with Crippen LogP contribution in [0.4, 0.5) is 11.4 Å². The minimum Gasteiger partial charge on any atom is -0.495 e. The van der Waals surface area contributed by atoms with Gasteiger partial charge in [0.25, 0.3) is 10.0 Å². The van der Waals surface area contributed by atoms with Gasteiger partial charge in [0.15, 0.2) is 0 Å². The number of hydrogen-bond donors (Lipinski definition) is 1. The summed E-state index contributed by atoms with van der Waals surface area (Å²) >= 11 is 0. The lowest BCUT2D eigenvalue weighted by atomic mass is 10.2. The number of sulfonamides is 1. The first-order chi connectivity index (χ1) is 15.3. The molecule has 3 aromatic rings. The molecule has 0 saturated carbocycles. The molecule has 0 atom stereocenters. The van der Waals surface area contributed by atoms with Gasteiger partial charge >= 0.3 is 0 Å². The fourth-order valence-corrected chi connectivity index (χ4v) is 4.86. The van der Waals surface area contributed by atoms with Crippen molar-refractivity contribution in [2.24, 2.45) is 0 Å². The SMILES string of the molecule is COc1ccccc1NC(=O)CN(c1ccc(C)cc1)S(=O)(=O)c1cc(C)ccc1OC. The molecule has 0 heterocycles. The topological polar surface area (TPSA) is 84.9 Å². The van der Waals surface area contributed by atoms with E-state index in [0.29, 0.717) is 17.1 Å². The number of carbonyl (C=O) groups is 1. The highest BCUT2D eigenvalue weighted by atomic mass is 32.2. The van der Waals surface area contributed by atoms with Gasteiger partial charge in [-0.25, -0.2) is 8.42 Å². The average Bonchev–Trinajstić information content (AvgIpc) is 2.78. The van der Waals surface area contributed by atoms with E-state index >= 15 is 0 Å². The molecule has 0 aromatic heterocycles. The summed E-state index contributed by atoms with van der Waals surface area (Å²) in [7, 11) is -1.21. The molecule has 1 N–H and O–H groups in total. The molecule has 0 aliphatic rings. The van der Waals surface area contributed by atoms with E-state index in [1.807, 2.05) is 6.92 Å². The van der Waals surface area contributed by atoms with Gasteiger partial charge in [-0.05, 0) is 55.8 Å². The van der Waals surface area contributed by atoms with Crippen molar-refractivity contribution < 1.29 is 22.7 Å². The molecular weight excluding hydrogens is 428 g/mol. The second kappa shape index (κ2) is 9.74. The Kier molecular flexibility index (Phi) is 7.05. The number of para-hydroxylation sites is 2. The minimum absolute atomic E-state index is 0.00864. The Hall–Kier alpha value is -3.52. The Morgan fingerprint density at radius 2 is 1.50 bits per heavy atom. The van der Waals surface area contributed by atoms with Gasteiger partial charge in [0.2, 0.25) is 5.91 Å².